The van der Waals surface area contributed by atoms with Crippen molar-refractivity contribution in [2.24, 2.45) is 0 Å². The molecule has 88 valence electrons. The molecule has 1 aromatic carbocycles. The van der Waals surface area contributed by atoms with Gasteiger partial charge in [0.1, 0.15) is 0 Å². The van der Waals surface area contributed by atoms with Crippen LogP contribution in [-0.4, -0.2) is 4.98 Å². The maximum Gasteiger partial charge on any atom is 0.189 e. The zero-order valence-electron chi connectivity index (χ0n) is 9.50. The van der Waals surface area contributed by atoms with E-state index in [1.54, 1.807) is 12.1 Å². The van der Waals surface area contributed by atoms with Gasteiger partial charge < -0.3 is 4.98 Å². The van der Waals surface area contributed by atoms with Crippen molar-refractivity contribution in [1.29, 1.82) is 0 Å². The molecule has 1 heterocycles. The molecule has 1 aromatic heterocycles. The molecule has 1 saturated carbocycles. The van der Waals surface area contributed by atoms with Gasteiger partial charge >= 0.3 is 0 Å². The smallest absolute Gasteiger partial charge is 0.189 e. The summed E-state index contributed by atoms with van der Waals surface area (Å²) in [5.41, 5.74) is 2.05. The molecule has 1 fully saturated rings. The van der Waals surface area contributed by atoms with Crippen molar-refractivity contribution >= 4 is 22.5 Å². The maximum atomic E-state index is 12.0. The predicted molar refractivity (Wildman–Crippen MR) is 70.8 cm³/mol. The lowest BCUT2D eigenvalue weighted by Gasteiger charge is -2.10. The molecule has 3 heteroatoms. The lowest BCUT2D eigenvalue weighted by atomic mass is 10.0. The summed E-state index contributed by atoms with van der Waals surface area (Å²) in [6, 6.07) is 7.18. The largest absolute Gasteiger partial charge is 0.358 e. The lowest BCUT2D eigenvalue weighted by molar-refractivity contribution is 0.700. The van der Waals surface area contributed by atoms with E-state index in [2.05, 4.69) is 4.98 Å². The van der Waals surface area contributed by atoms with E-state index in [0.717, 1.165) is 11.2 Å². The SMILES string of the molecule is O=c1cc(C2CCCC2)[nH]c2ccc(Cl)cc12. The summed E-state index contributed by atoms with van der Waals surface area (Å²) in [7, 11) is 0. The molecule has 0 bridgehead atoms. The zero-order valence-corrected chi connectivity index (χ0v) is 10.3. The minimum Gasteiger partial charge on any atom is -0.358 e. The van der Waals surface area contributed by atoms with Crippen LogP contribution in [0, 0.1) is 0 Å². The van der Waals surface area contributed by atoms with Crippen molar-refractivity contribution in [1.82, 2.24) is 4.98 Å². The average Bonchev–Trinajstić information content (AvgIpc) is 2.83. The summed E-state index contributed by atoms with van der Waals surface area (Å²) in [4.78, 5) is 15.4. The van der Waals surface area contributed by atoms with Crippen LogP contribution in [-0.2, 0) is 0 Å². The number of benzene rings is 1. The van der Waals surface area contributed by atoms with Crippen LogP contribution in [0.2, 0.25) is 5.02 Å². The number of aromatic amines is 1. The van der Waals surface area contributed by atoms with Gasteiger partial charge in [0.25, 0.3) is 0 Å². The first-order chi connectivity index (χ1) is 8.24. The van der Waals surface area contributed by atoms with Crippen LogP contribution in [0.3, 0.4) is 0 Å². The highest BCUT2D eigenvalue weighted by Gasteiger charge is 2.18. The average molecular weight is 248 g/mol. The van der Waals surface area contributed by atoms with Gasteiger partial charge in [0.2, 0.25) is 0 Å². The number of H-pyrrole nitrogens is 1. The summed E-state index contributed by atoms with van der Waals surface area (Å²) in [6.07, 6.45) is 4.92. The molecule has 1 aliphatic rings. The number of pyridine rings is 1. The number of nitrogens with one attached hydrogen (secondary N) is 1. The van der Waals surface area contributed by atoms with E-state index < -0.39 is 0 Å². The van der Waals surface area contributed by atoms with Crippen molar-refractivity contribution in [3.8, 4) is 0 Å². The first-order valence-corrected chi connectivity index (χ1v) is 6.44. The summed E-state index contributed by atoms with van der Waals surface area (Å²) >= 11 is 5.90. The number of hydrogen-bond acceptors (Lipinski definition) is 1. The van der Waals surface area contributed by atoms with Gasteiger partial charge in [-0.3, -0.25) is 4.79 Å². The first kappa shape index (κ1) is 10.8. The zero-order chi connectivity index (χ0) is 11.8. The Balaban J connectivity index is 2.17. The molecular weight excluding hydrogens is 234 g/mol. The van der Waals surface area contributed by atoms with Crippen molar-refractivity contribution in [3.63, 3.8) is 0 Å². The van der Waals surface area contributed by atoms with Crippen LogP contribution in [0.25, 0.3) is 10.9 Å². The fourth-order valence-electron chi connectivity index (χ4n) is 2.70. The molecule has 3 rings (SSSR count). The van der Waals surface area contributed by atoms with Crippen molar-refractivity contribution in [3.05, 3.63) is 45.2 Å². The second-order valence-corrected chi connectivity index (χ2v) is 5.20. The fraction of sp³-hybridized carbons (Fsp3) is 0.357. The van der Waals surface area contributed by atoms with Crippen LogP contribution in [0.5, 0.6) is 0 Å². The number of rotatable bonds is 1. The summed E-state index contributed by atoms with van der Waals surface area (Å²) < 4.78 is 0. The third kappa shape index (κ3) is 1.98. The molecule has 0 aliphatic heterocycles. The predicted octanol–water partition coefficient (Wildman–Crippen LogP) is 3.84. The molecule has 2 aromatic rings. The summed E-state index contributed by atoms with van der Waals surface area (Å²) in [6.45, 7) is 0. The highest BCUT2D eigenvalue weighted by atomic mass is 35.5. The van der Waals surface area contributed by atoms with Gasteiger partial charge in [-0.05, 0) is 37.0 Å². The molecule has 0 saturated heterocycles. The molecule has 17 heavy (non-hydrogen) atoms. The monoisotopic (exact) mass is 247 g/mol. The Kier molecular flexibility index (Phi) is 2.67. The van der Waals surface area contributed by atoms with Gasteiger partial charge in [0.05, 0.1) is 0 Å². The molecule has 1 N–H and O–H groups in total. The fourth-order valence-corrected chi connectivity index (χ4v) is 2.87. The molecular formula is C14H14ClNO. The Bertz CT molecular complexity index is 611. The van der Waals surface area contributed by atoms with E-state index >= 15 is 0 Å². The minimum atomic E-state index is 0.0724. The van der Waals surface area contributed by atoms with Crippen molar-refractivity contribution in [2.45, 2.75) is 31.6 Å². The van der Waals surface area contributed by atoms with Crippen molar-refractivity contribution in [2.75, 3.05) is 0 Å². The Morgan fingerprint density at radius 1 is 1.18 bits per heavy atom. The van der Waals surface area contributed by atoms with E-state index in [9.17, 15) is 4.79 Å². The molecule has 1 aliphatic carbocycles. The molecule has 0 radical (unpaired) electrons. The van der Waals surface area contributed by atoms with Gasteiger partial charge in [0.15, 0.2) is 5.43 Å². The van der Waals surface area contributed by atoms with Gasteiger partial charge in [-0.1, -0.05) is 24.4 Å². The molecule has 0 atom stereocenters. The van der Waals surface area contributed by atoms with Crippen LogP contribution in [0.1, 0.15) is 37.3 Å². The second kappa shape index (κ2) is 4.19. The van der Waals surface area contributed by atoms with Crippen LogP contribution >= 0.6 is 11.6 Å². The van der Waals surface area contributed by atoms with E-state index in [1.165, 1.54) is 25.7 Å². The molecule has 0 amide bonds. The van der Waals surface area contributed by atoms with Gasteiger partial charge in [0, 0.05) is 27.7 Å². The van der Waals surface area contributed by atoms with E-state index in [0.29, 0.717) is 16.3 Å². The third-order valence-corrected chi connectivity index (χ3v) is 3.84. The van der Waals surface area contributed by atoms with Gasteiger partial charge in [-0.2, -0.15) is 0 Å². The van der Waals surface area contributed by atoms with Crippen molar-refractivity contribution < 1.29 is 0 Å². The first-order valence-electron chi connectivity index (χ1n) is 6.06. The Hall–Kier alpha value is -1.28. The summed E-state index contributed by atoms with van der Waals surface area (Å²) in [5, 5.41) is 1.29. The van der Waals surface area contributed by atoms with E-state index in [1.807, 2.05) is 12.1 Å². The Morgan fingerprint density at radius 2 is 1.94 bits per heavy atom. The summed E-state index contributed by atoms with van der Waals surface area (Å²) in [5.74, 6) is 0.530. The molecule has 0 unspecified atom stereocenters. The van der Waals surface area contributed by atoms with Gasteiger partial charge in [-0.15, -0.1) is 0 Å². The standard InChI is InChI=1S/C14H14ClNO/c15-10-5-6-12-11(7-10)14(17)8-13(16-12)9-3-1-2-4-9/h5-9H,1-4H2,(H,16,17). The Morgan fingerprint density at radius 3 is 2.71 bits per heavy atom. The lowest BCUT2D eigenvalue weighted by Crippen LogP contribution is -2.07. The number of fused-ring (bicyclic) bond motifs is 1. The van der Waals surface area contributed by atoms with E-state index in [4.69, 9.17) is 11.6 Å². The quantitative estimate of drug-likeness (QED) is 0.816. The maximum absolute atomic E-state index is 12.0. The topological polar surface area (TPSA) is 32.9 Å². The highest BCUT2D eigenvalue weighted by molar-refractivity contribution is 6.31. The highest BCUT2D eigenvalue weighted by Crippen LogP contribution is 2.33. The number of halogens is 1. The van der Waals surface area contributed by atoms with E-state index in [-0.39, 0.29) is 5.43 Å². The normalized spacial score (nSPS) is 16.8. The number of aromatic nitrogens is 1. The van der Waals surface area contributed by atoms with Crippen LogP contribution in [0.15, 0.2) is 29.1 Å². The van der Waals surface area contributed by atoms with Crippen LogP contribution < -0.4 is 5.43 Å². The third-order valence-electron chi connectivity index (χ3n) is 3.61. The second-order valence-electron chi connectivity index (χ2n) is 4.76. The minimum absolute atomic E-state index is 0.0724. The molecule has 0 spiro atoms. The number of hydrogen-bond donors (Lipinski definition) is 1. The van der Waals surface area contributed by atoms with Gasteiger partial charge in [-0.25, -0.2) is 0 Å². The Labute approximate surface area is 105 Å². The van der Waals surface area contributed by atoms with Crippen LogP contribution in [0.4, 0.5) is 0 Å². The molecule has 2 nitrogen and oxygen atoms in total.